The van der Waals surface area contributed by atoms with Crippen molar-refractivity contribution in [3.63, 3.8) is 0 Å². The van der Waals surface area contributed by atoms with E-state index in [1.165, 1.54) is 0 Å². The van der Waals surface area contributed by atoms with Gasteiger partial charge in [0.25, 0.3) is 0 Å². The molecule has 0 aliphatic carbocycles. The Labute approximate surface area is 128 Å². The molecular weight excluding hydrogens is 280 g/mol. The SMILES string of the molecule is NC(=O)[C@H](Cc1ccccc1)NNC(=O)Nc1ccccc1. The van der Waals surface area contributed by atoms with Crippen LogP contribution in [0.5, 0.6) is 0 Å². The van der Waals surface area contributed by atoms with E-state index >= 15 is 0 Å². The van der Waals surface area contributed by atoms with Gasteiger partial charge in [-0.3, -0.25) is 10.2 Å². The zero-order valence-corrected chi connectivity index (χ0v) is 12.0. The van der Waals surface area contributed by atoms with Gasteiger partial charge in [-0.2, -0.15) is 0 Å². The highest BCUT2D eigenvalue weighted by molar-refractivity contribution is 5.89. The maximum atomic E-state index is 11.8. The zero-order chi connectivity index (χ0) is 15.8. The molecule has 6 heteroatoms. The summed E-state index contributed by atoms with van der Waals surface area (Å²) in [6.45, 7) is 0. The molecule has 0 aliphatic heterocycles. The van der Waals surface area contributed by atoms with E-state index in [4.69, 9.17) is 5.73 Å². The molecule has 114 valence electrons. The van der Waals surface area contributed by atoms with Crippen LogP contribution in [-0.2, 0) is 11.2 Å². The first-order valence-electron chi connectivity index (χ1n) is 6.86. The minimum atomic E-state index is -0.691. The van der Waals surface area contributed by atoms with Crippen LogP contribution >= 0.6 is 0 Å². The quantitative estimate of drug-likeness (QED) is 0.607. The molecule has 2 rings (SSSR count). The van der Waals surface area contributed by atoms with E-state index in [0.717, 1.165) is 5.56 Å². The number of nitrogens with one attached hydrogen (secondary N) is 3. The molecule has 0 fully saturated rings. The van der Waals surface area contributed by atoms with Crippen molar-refractivity contribution in [1.29, 1.82) is 0 Å². The van der Waals surface area contributed by atoms with Gasteiger partial charge >= 0.3 is 6.03 Å². The second kappa shape index (κ2) is 7.80. The Morgan fingerprint density at radius 1 is 0.955 bits per heavy atom. The molecule has 0 spiro atoms. The Kier molecular flexibility index (Phi) is 5.50. The smallest absolute Gasteiger partial charge is 0.333 e. The van der Waals surface area contributed by atoms with Gasteiger partial charge in [0.2, 0.25) is 5.91 Å². The van der Waals surface area contributed by atoms with Crippen LogP contribution in [-0.4, -0.2) is 18.0 Å². The molecule has 0 unspecified atom stereocenters. The lowest BCUT2D eigenvalue weighted by molar-refractivity contribution is -0.120. The van der Waals surface area contributed by atoms with Crippen molar-refractivity contribution in [3.05, 3.63) is 66.2 Å². The van der Waals surface area contributed by atoms with Crippen molar-refractivity contribution >= 4 is 17.6 Å². The van der Waals surface area contributed by atoms with Crippen molar-refractivity contribution in [2.45, 2.75) is 12.5 Å². The highest BCUT2D eigenvalue weighted by atomic mass is 16.2. The molecule has 2 aromatic rings. The van der Waals surface area contributed by atoms with Crippen molar-refractivity contribution in [2.24, 2.45) is 5.73 Å². The third kappa shape index (κ3) is 4.92. The Balaban J connectivity index is 1.86. The molecule has 0 aliphatic rings. The highest BCUT2D eigenvalue weighted by Crippen LogP contribution is 2.04. The lowest BCUT2D eigenvalue weighted by Crippen LogP contribution is -2.52. The van der Waals surface area contributed by atoms with Crippen LogP contribution in [0.25, 0.3) is 0 Å². The Morgan fingerprint density at radius 3 is 2.14 bits per heavy atom. The summed E-state index contributed by atoms with van der Waals surface area (Å²) in [6, 6.07) is 17.3. The summed E-state index contributed by atoms with van der Waals surface area (Å²) in [5.41, 5.74) is 12.0. The Morgan fingerprint density at radius 2 is 1.55 bits per heavy atom. The van der Waals surface area contributed by atoms with Gasteiger partial charge in [0.15, 0.2) is 0 Å². The number of amides is 3. The number of carbonyl (C=O) groups is 2. The molecule has 0 heterocycles. The number of benzene rings is 2. The van der Waals surface area contributed by atoms with Gasteiger partial charge in [-0.15, -0.1) is 0 Å². The van der Waals surface area contributed by atoms with Crippen molar-refractivity contribution in [2.75, 3.05) is 5.32 Å². The van der Waals surface area contributed by atoms with Gasteiger partial charge < -0.3 is 11.1 Å². The molecule has 0 aromatic heterocycles. The summed E-state index contributed by atoms with van der Waals surface area (Å²) in [5.74, 6) is -0.538. The first-order chi connectivity index (χ1) is 10.6. The van der Waals surface area contributed by atoms with Crippen LogP contribution in [0, 0.1) is 0 Å². The minimum absolute atomic E-state index is 0.391. The van der Waals surface area contributed by atoms with E-state index < -0.39 is 18.0 Å². The van der Waals surface area contributed by atoms with Gasteiger partial charge in [-0.25, -0.2) is 10.2 Å². The molecule has 2 aromatic carbocycles. The molecule has 5 N–H and O–H groups in total. The molecule has 6 nitrogen and oxygen atoms in total. The predicted molar refractivity (Wildman–Crippen MR) is 84.9 cm³/mol. The van der Waals surface area contributed by atoms with E-state index in [9.17, 15) is 9.59 Å². The first-order valence-corrected chi connectivity index (χ1v) is 6.86. The normalized spacial score (nSPS) is 11.5. The number of hydrazine groups is 1. The van der Waals surface area contributed by atoms with Crippen LogP contribution in [0.15, 0.2) is 60.7 Å². The maximum Gasteiger partial charge on any atom is 0.333 e. The van der Waals surface area contributed by atoms with Crippen molar-refractivity contribution < 1.29 is 9.59 Å². The Bertz CT molecular complexity index is 617. The maximum absolute atomic E-state index is 11.8. The van der Waals surface area contributed by atoms with Gasteiger partial charge in [-0.05, 0) is 24.1 Å². The first kappa shape index (κ1) is 15.5. The fourth-order valence-electron chi connectivity index (χ4n) is 1.91. The standard InChI is InChI=1S/C16H18N4O2/c17-15(21)14(11-12-7-3-1-4-8-12)19-20-16(22)18-13-9-5-2-6-10-13/h1-10,14,19H,11H2,(H2,17,21)(H2,18,20,22)/t14-/m0/s1. The summed E-state index contributed by atoms with van der Waals surface area (Å²) in [7, 11) is 0. The van der Waals surface area contributed by atoms with Crippen molar-refractivity contribution in [1.82, 2.24) is 10.9 Å². The van der Waals surface area contributed by atoms with E-state index in [1.807, 2.05) is 48.5 Å². The number of para-hydroxylation sites is 1. The second-order valence-electron chi connectivity index (χ2n) is 4.73. The van der Waals surface area contributed by atoms with Crippen LogP contribution in [0.3, 0.4) is 0 Å². The zero-order valence-electron chi connectivity index (χ0n) is 12.0. The number of primary amides is 1. The van der Waals surface area contributed by atoms with Crippen LogP contribution in [0.2, 0.25) is 0 Å². The number of hydrogen-bond acceptors (Lipinski definition) is 3. The lowest BCUT2D eigenvalue weighted by atomic mass is 10.1. The fourth-order valence-corrected chi connectivity index (χ4v) is 1.91. The third-order valence-electron chi connectivity index (χ3n) is 3.02. The average Bonchev–Trinajstić information content (AvgIpc) is 2.53. The lowest BCUT2D eigenvalue weighted by Gasteiger charge is -2.16. The molecule has 22 heavy (non-hydrogen) atoms. The van der Waals surface area contributed by atoms with Crippen LogP contribution < -0.4 is 21.9 Å². The second-order valence-corrected chi connectivity index (χ2v) is 4.73. The number of anilines is 1. The van der Waals surface area contributed by atoms with Gasteiger partial charge in [0.05, 0.1) is 0 Å². The number of urea groups is 1. The fraction of sp³-hybridized carbons (Fsp3) is 0.125. The summed E-state index contributed by atoms with van der Waals surface area (Å²) in [5, 5.41) is 2.64. The van der Waals surface area contributed by atoms with Crippen LogP contribution in [0.4, 0.5) is 10.5 Å². The van der Waals surface area contributed by atoms with Crippen molar-refractivity contribution in [3.8, 4) is 0 Å². The number of rotatable bonds is 6. The molecular formula is C16H18N4O2. The van der Waals surface area contributed by atoms with Crippen LogP contribution in [0.1, 0.15) is 5.56 Å². The van der Waals surface area contributed by atoms with E-state index in [2.05, 4.69) is 16.2 Å². The highest BCUT2D eigenvalue weighted by Gasteiger charge is 2.16. The minimum Gasteiger partial charge on any atom is -0.368 e. The molecule has 3 amide bonds. The molecule has 0 saturated carbocycles. The summed E-state index contributed by atoms with van der Waals surface area (Å²) >= 11 is 0. The third-order valence-corrected chi connectivity index (χ3v) is 3.02. The summed E-state index contributed by atoms with van der Waals surface area (Å²) in [6.07, 6.45) is 0.391. The number of nitrogens with two attached hydrogens (primary N) is 1. The molecule has 0 radical (unpaired) electrons. The molecule has 0 saturated heterocycles. The van der Waals surface area contributed by atoms with E-state index in [0.29, 0.717) is 12.1 Å². The largest absolute Gasteiger partial charge is 0.368 e. The van der Waals surface area contributed by atoms with Gasteiger partial charge in [-0.1, -0.05) is 48.5 Å². The molecule has 1 atom stereocenters. The number of hydrogen-bond donors (Lipinski definition) is 4. The average molecular weight is 298 g/mol. The Hall–Kier alpha value is -2.86. The van der Waals surface area contributed by atoms with E-state index in [1.54, 1.807) is 12.1 Å². The summed E-state index contributed by atoms with van der Waals surface area (Å²) < 4.78 is 0. The van der Waals surface area contributed by atoms with E-state index in [-0.39, 0.29) is 0 Å². The predicted octanol–water partition coefficient (Wildman–Crippen LogP) is 1.41. The van der Waals surface area contributed by atoms with Gasteiger partial charge in [0.1, 0.15) is 6.04 Å². The monoisotopic (exact) mass is 298 g/mol. The number of carbonyl (C=O) groups excluding carboxylic acids is 2. The molecule has 0 bridgehead atoms. The summed E-state index contributed by atoms with van der Waals surface area (Å²) in [4.78, 5) is 23.2. The van der Waals surface area contributed by atoms with Gasteiger partial charge in [0, 0.05) is 5.69 Å². The topological polar surface area (TPSA) is 96.2 Å².